The first-order valence-electron chi connectivity index (χ1n) is 6.39. The summed E-state index contributed by atoms with van der Waals surface area (Å²) in [6.07, 6.45) is 3.52. The van der Waals surface area contributed by atoms with E-state index >= 15 is 0 Å². The second kappa shape index (κ2) is 3.92. The minimum atomic E-state index is -0.207. The largest absolute Gasteiger partial charge is 0.331 e. The average molecular weight is 264 g/mol. The van der Waals surface area contributed by atoms with Gasteiger partial charge in [0.25, 0.3) is 0 Å². The number of fused-ring (bicyclic) bond motifs is 1. The van der Waals surface area contributed by atoms with Crippen molar-refractivity contribution in [3.05, 3.63) is 28.8 Å². The van der Waals surface area contributed by atoms with Gasteiger partial charge in [0.2, 0.25) is 0 Å². The molecule has 1 aliphatic rings. The molecule has 96 valence electrons. The molecule has 1 saturated carbocycles. The Labute approximate surface area is 111 Å². The van der Waals surface area contributed by atoms with Gasteiger partial charge in [-0.15, -0.1) is 0 Å². The molecule has 1 unspecified atom stereocenters. The summed E-state index contributed by atoms with van der Waals surface area (Å²) in [5.74, 6) is -0.207. The Kier molecular flexibility index (Phi) is 2.59. The molecule has 1 heterocycles. The highest BCUT2D eigenvalue weighted by atomic mass is 32.1. The molecule has 0 saturated heterocycles. The van der Waals surface area contributed by atoms with Crippen LogP contribution in [-0.4, -0.2) is 9.55 Å². The van der Waals surface area contributed by atoms with Crippen LogP contribution in [0.5, 0.6) is 0 Å². The summed E-state index contributed by atoms with van der Waals surface area (Å²) >= 11 is 5.42. The number of H-pyrrole nitrogens is 1. The van der Waals surface area contributed by atoms with Gasteiger partial charge in [0.05, 0.1) is 11.0 Å². The van der Waals surface area contributed by atoms with Crippen molar-refractivity contribution in [2.75, 3.05) is 0 Å². The molecule has 0 bridgehead atoms. The van der Waals surface area contributed by atoms with Crippen molar-refractivity contribution in [3.63, 3.8) is 0 Å². The predicted molar refractivity (Wildman–Crippen MR) is 73.7 cm³/mol. The van der Waals surface area contributed by atoms with Crippen LogP contribution in [0.25, 0.3) is 11.0 Å². The number of aromatic amines is 1. The van der Waals surface area contributed by atoms with Crippen LogP contribution in [0.1, 0.15) is 39.2 Å². The fourth-order valence-corrected chi connectivity index (χ4v) is 3.53. The quantitative estimate of drug-likeness (QED) is 0.747. The van der Waals surface area contributed by atoms with Crippen LogP contribution >= 0.6 is 12.2 Å². The molecule has 0 radical (unpaired) electrons. The Balaban J connectivity index is 2.25. The lowest BCUT2D eigenvalue weighted by atomic mass is 9.87. The average Bonchev–Trinajstić information content (AvgIpc) is 2.77. The van der Waals surface area contributed by atoms with E-state index in [1.165, 1.54) is 18.9 Å². The fourth-order valence-electron chi connectivity index (χ4n) is 3.19. The molecule has 3 rings (SSSR count). The summed E-state index contributed by atoms with van der Waals surface area (Å²) in [5, 5.41) is 0. The zero-order valence-corrected chi connectivity index (χ0v) is 11.5. The minimum Gasteiger partial charge on any atom is -0.331 e. The van der Waals surface area contributed by atoms with E-state index in [-0.39, 0.29) is 11.2 Å². The van der Waals surface area contributed by atoms with Crippen LogP contribution in [0.15, 0.2) is 18.2 Å². The van der Waals surface area contributed by atoms with Crippen molar-refractivity contribution in [2.45, 2.75) is 39.2 Å². The number of rotatable bonds is 1. The van der Waals surface area contributed by atoms with Crippen LogP contribution in [0.3, 0.4) is 0 Å². The lowest BCUT2D eigenvalue weighted by Gasteiger charge is -2.28. The molecule has 1 aromatic heterocycles. The molecular formula is C14H17FN2S. The Morgan fingerprint density at radius 1 is 1.44 bits per heavy atom. The standard InChI is InChI=1S/C14H17FN2S/c1-14(2)7-3-4-12(14)17-11-8-9(15)5-6-10(11)16-13(17)18/h5-6,8,12H,3-4,7H2,1-2H3,(H,16,18). The maximum atomic E-state index is 13.4. The topological polar surface area (TPSA) is 20.7 Å². The van der Waals surface area contributed by atoms with Gasteiger partial charge in [-0.25, -0.2) is 4.39 Å². The van der Waals surface area contributed by atoms with E-state index in [1.54, 1.807) is 12.1 Å². The molecule has 0 spiro atoms. The molecule has 1 aliphatic carbocycles. The third-order valence-electron chi connectivity index (χ3n) is 4.19. The third-order valence-corrected chi connectivity index (χ3v) is 4.49. The smallest absolute Gasteiger partial charge is 0.178 e. The van der Waals surface area contributed by atoms with E-state index < -0.39 is 0 Å². The van der Waals surface area contributed by atoms with E-state index in [4.69, 9.17) is 12.2 Å². The Morgan fingerprint density at radius 3 is 2.89 bits per heavy atom. The van der Waals surface area contributed by atoms with Crippen molar-refractivity contribution < 1.29 is 4.39 Å². The molecule has 18 heavy (non-hydrogen) atoms. The normalized spacial score (nSPS) is 22.7. The molecule has 1 N–H and O–H groups in total. The molecule has 1 fully saturated rings. The van der Waals surface area contributed by atoms with Crippen LogP contribution in [0.4, 0.5) is 4.39 Å². The van der Waals surface area contributed by atoms with Gasteiger partial charge in [0.15, 0.2) is 4.77 Å². The molecule has 2 aromatic rings. The zero-order chi connectivity index (χ0) is 12.9. The molecule has 0 aliphatic heterocycles. The van der Waals surface area contributed by atoms with Gasteiger partial charge >= 0.3 is 0 Å². The summed E-state index contributed by atoms with van der Waals surface area (Å²) in [7, 11) is 0. The second-order valence-electron chi connectivity index (χ2n) is 5.86. The summed E-state index contributed by atoms with van der Waals surface area (Å²) in [4.78, 5) is 3.18. The highest BCUT2D eigenvalue weighted by molar-refractivity contribution is 7.71. The highest BCUT2D eigenvalue weighted by Crippen LogP contribution is 2.46. The van der Waals surface area contributed by atoms with Gasteiger partial charge in [0.1, 0.15) is 5.82 Å². The zero-order valence-electron chi connectivity index (χ0n) is 10.7. The summed E-state index contributed by atoms with van der Waals surface area (Å²) < 4.78 is 16.3. The lowest BCUT2D eigenvalue weighted by molar-refractivity contribution is 0.263. The van der Waals surface area contributed by atoms with Crippen molar-refractivity contribution >= 4 is 23.3 Å². The SMILES string of the molecule is CC1(C)CCCC1n1c(=S)[nH]c2ccc(F)cc21. The Hall–Kier alpha value is -1.16. The van der Waals surface area contributed by atoms with Gasteiger partial charge in [-0.1, -0.05) is 20.3 Å². The molecule has 2 nitrogen and oxygen atoms in total. The van der Waals surface area contributed by atoms with Crippen molar-refractivity contribution in [1.29, 1.82) is 0 Å². The Bertz CT molecular complexity index is 653. The first kappa shape index (κ1) is 11.9. The van der Waals surface area contributed by atoms with Gasteiger partial charge in [-0.05, 0) is 48.7 Å². The van der Waals surface area contributed by atoms with E-state index in [0.717, 1.165) is 17.5 Å². The lowest BCUT2D eigenvalue weighted by Crippen LogP contribution is -2.21. The maximum Gasteiger partial charge on any atom is 0.178 e. The summed E-state index contributed by atoms with van der Waals surface area (Å²) in [6.45, 7) is 4.54. The monoisotopic (exact) mass is 264 g/mol. The first-order valence-corrected chi connectivity index (χ1v) is 6.80. The number of halogens is 1. The van der Waals surface area contributed by atoms with Gasteiger partial charge in [0, 0.05) is 6.04 Å². The number of aromatic nitrogens is 2. The van der Waals surface area contributed by atoms with Crippen molar-refractivity contribution in [3.8, 4) is 0 Å². The number of nitrogens with one attached hydrogen (secondary N) is 1. The molecule has 0 amide bonds. The Morgan fingerprint density at radius 2 is 2.22 bits per heavy atom. The number of hydrogen-bond donors (Lipinski definition) is 1. The summed E-state index contributed by atoms with van der Waals surface area (Å²) in [6, 6.07) is 5.17. The first-order chi connectivity index (χ1) is 8.49. The summed E-state index contributed by atoms with van der Waals surface area (Å²) in [5.41, 5.74) is 2.03. The van der Waals surface area contributed by atoms with Crippen molar-refractivity contribution in [2.24, 2.45) is 5.41 Å². The molecule has 4 heteroatoms. The second-order valence-corrected chi connectivity index (χ2v) is 6.24. The van der Waals surface area contributed by atoms with Crippen LogP contribution in [0.2, 0.25) is 0 Å². The number of nitrogens with zero attached hydrogens (tertiary/aromatic N) is 1. The number of imidazole rings is 1. The van der Waals surface area contributed by atoms with Crippen molar-refractivity contribution in [1.82, 2.24) is 9.55 Å². The van der Waals surface area contributed by atoms with Crippen LogP contribution in [0, 0.1) is 16.0 Å². The highest BCUT2D eigenvalue weighted by Gasteiger charge is 2.36. The predicted octanol–water partition coefficient (Wildman–Crippen LogP) is 4.59. The minimum absolute atomic E-state index is 0.207. The van der Waals surface area contributed by atoms with Gasteiger partial charge in [-0.3, -0.25) is 0 Å². The number of hydrogen-bond acceptors (Lipinski definition) is 1. The maximum absolute atomic E-state index is 13.4. The molecule has 1 aromatic carbocycles. The van der Waals surface area contributed by atoms with E-state index in [9.17, 15) is 4.39 Å². The van der Waals surface area contributed by atoms with Gasteiger partial charge < -0.3 is 9.55 Å². The van der Waals surface area contributed by atoms with Gasteiger partial charge in [-0.2, -0.15) is 0 Å². The van der Waals surface area contributed by atoms with E-state index in [2.05, 4.69) is 23.4 Å². The molecular weight excluding hydrogens is 247 g/mol. The fraction of sp³-hybridized carbons (Fsp3) is 0.500. The van der Waals surface area contributed by atoms with Crippen LogP contribution < -0.4 is 0 Å². The van der Waals surface area contributed by atoms with E-state index in [1.807, 2.05) is 0 Å². The molecule has 1 atom stereocenters. The third kappa shape index (κ3) is 1.70. The number of benzene rings is 1. The van der Waals surface area contributed by atoms with E-state index in [0.29, 0.717) is 10.8 Å². The van der Waals surface area contributed by atoms with Crippen LogP contribution in [-0.2, 0) is 0 Å².